The summed E-state index contributed by atoms with van der Waals surface area (Å²) in [5.41, 5.74) is 5.63. The number of carbonyl (C=O) groups excluding carboxylic acids is 2. The molecule has 8 nitrogen and oxygen atoms in total. The highest BCUT2D eigenvalue weighted by atomic mass is 16.5. The van der Waals surface area contributed by atoms with Gasteiger partial charge in [-0.05, 0) is 58.3 Å². The number of nitrogens with two attached hydrogens (primary N) is 1. The number of amides is 1. The van der Waals surface area contributed by atoms with Crippen molar-refractivity contribution in [3.05, 3.63) is 0 Å². The molecule has 1 aliphatic heterocycles. The van der Waals surface area contributed by atoms with Crippen LogP contribution < -0.4 is 11.1 Å². The monoisotopic (exact) mass is 467 g/mol. The quantitative estimate of drug-likeness (QED) is 0.469. The fourth-order valence-corrected chi connectivity index (χ4v) is 5.53. The molecule has 5 atom stereocenters. The average Bonchev–Trinajstić information content (AvgIpc) is 3.19. The SMILES string of the molecule is CCC[C@H](N[C@@H](C)C(=O)N1[C@H](C(=O)O)C[C@@H]2CCCC[C@@H]21)C(=O)OCC.NC1CCCCC1. The van der Waals surface area contributed by atoms with Crippen molar-refractivity contribution in [3.8, 4) is 0 Å². The molecule has 0 radical (unpaired) electrons. The minimum absolute atomic E-state index is 0.00817. The molecule has 3 fully saturated rings. The van der Waals surface area contributed by atoms with Crippen LogP contribution in [0.1, 0.15) is 97.8 Å². The lowest BCUT2D eigenvalue weighted by Gasteiger charge is -2.35. The molecule has 0 spiro atoms. The molecule has 0 aromatic heterocycles. The number of nitrogens with zero attached hydrogens (tertiary/aromatic N) is 1. The Morgan fingerprint density at radius 3 is 2.24 bits per heavy atom. The fraction of sp³-hybridized carbons (Fsp3) is 0.880. The van der Waals surface area contributed by atoms with E-state index in [9.17, 15) is 19.5 Å². The van der Waals surface area contributed by atoms with Crippen LogP contribution in [-0.4, -0.2) is 64.7 Å². The molecule has 0 unspecified atom stereocenters. The molecule has 3 rings (SSSR count). The number of likely N-dealkylation sites (tertiary alicyclic amines) is 1. The molecule has 2 saturated carbocycles. The molecule has 0 bridgehead atoms. The van der Waals surface area contributed by atoms with Crippen LogP contribution in [0.15, 0.2) is 0 Å². The molecule has 8 heteroatoms. The second-order valence-electron chi connectivity index (χ2n) is 9.83. The van der Waals surface area contributed by atoms with Gasteiger partial charge in [-0.3, -0.25) is 14.9 Å². The van der Waals surface area contributed by atoms with Crippen molar-refractivity contribution in [1.82, 2.24) is 10.2 Å². The summed E-state index contributed by atoms with van der Waals surface area (Å²) >= 11 is 0. The van der Waals surface area contributed by atoms with E-state index < -0.39 is 24.1 Å². The molecule has 4 N–H and O–H groups in total. The third kappa shape index (κ3) is 7.95. The van der Waals surface area contributed by atoms with Crippen molar-refractivity contribution < 1.29 is 24.2 Å². The zero-order chi connectivity index (χ0) is 24.4. The standard InChI is InChI=1S/C19H32N2O5.C6H13N/c1-4-8-14(19(25)26-5-2)20-12(3)17(22)21-15-10-7-6-9-13(15)11-16(21)18(23)24;7-6-4-2-1-3-5-6/h12-16,20H,4-11H2,1-3H3,(H,23,24);6H,1-5,7H2/t12-,13-,14-,15-,16-;/m0./s1. The van der Waals surface area contributed by atoms with Gasteiger partial charge in [0.2, 0.25) is 5.91 Å². The van der Waals surface area contributed by atoms with E-state index in [0.29, 0.717) is 25.5 Å². The Balaban J connectivity index is 0.000000468. The van der Waals surface area contributed by atoms with E-state index in [-0.39, 0.29) is 23.8 Å². The summed E-state index contributed by atoms with van der Waals surface area (Å²) in [4.78, 5) is 38.5. The maximum Gasteiger partial charge on any atom is 0.326 e. The maximum absolute atomic E-state index is 13.1. The van der Waals surface area contributed by atoms with Crippen LogP contribution in [0.4, 0.5) is 0 Å². The molecule has 190 valence electrons. The number of esters is 1. The highest BCUT2D eigenvalue weighted by Gasteiger charge is 2.48. The Morgan fingerprint density at radius 1 is 1.06 bits per heavy atom. The van der Waals surface area contributed by atoms with Crippen molar-refractivity contribution >= 4 is 17.8 Å². The number of ether oxygens (including phenoxy) is 1. The van der Waals surface area contributed by atoms with Gasteiger partial charge in [-0.25, -0.2) is 4.79 Å². The number of nitrogens with one attached hydrogen (secondary N) is 1. The highest BCUT2D eigenvalue weighted by molar-refractivity contribution is 5.88. The number of fused-ring (bicyclic) bond motifs is 1. The molecular formula is C25H45N3O5. The lowest BCUT2D eigenvalue weighted by molar-refractivity contribution is -0.152. The van der Waals surface area contributed by atoms with Crippen LogP contribution in [0.2, 0.25) is 0 Å². The first-order chi connectivity index (χ1) is 15.8. The van der Waals surface area contributed by atoms with E-state index in [0.717, 1.165) is 32.1 Å². The van der Waals surface area contributed by atoms with E-state index in [2.05, 4.69) is 5.32 Å². The van der Waals surface area contributed by atoms with E-state index >= 15 is 0 Å². The summed E-state index contributed by atoms with van der Waals surface area (Å²) in [6, 6.07) is -1.39. The van der Waals surface area contributed by atoms with Gasteiger partial charge in [0, 0.05) is 12.1 Å². The Kier molecular flexibility index (Phi) is 11.6. The molecule has 1 saturated heterocycles. The van der Waals surface area contributed by atoms with Crippen molar-refractivity contribution in [2.45, 2.75) is 128 Å². The van der Waals surface area contributed by atoms with Crippen molar-refractivity contribution in [1.29, 1.82) is 0 Å². The summed E-state index contributed by atoms with van der Waals surface area (Å²) in [5, 5.41) is 12.7. The van der Waals surface area contributed by atoms with Gasteiger partial charge < -0.3 is 20.5 Å². The summed E-state index contributed by atoms with van der Waals surface area (Å²) in [6.45, 7) is 5.72. The average molecular weight is 468 g/mol. The van der Waals surface area contributed by atoms with Gasteiger partial charge in [-0.1, -0.05) is 45.4 Å². The topological polar surface area (TPSA) is 122 Å². The third-order valence-corrected chi connectivity index (χ3v) is 7.25. The Morgan fingerprint density at radius 2 is 1.70 bits per heavy atom. The van der Waals surface area contributed by atoms with E-state index in [1.807, 2.05) is 6.92 Å². The van der Waals surface area contributed by atoms with E-state index in [1.54, 1.807) is 18.7 Å². The lowest BCUT2D eigenvalue weighted by atomic mass is 9.84. The van der Waals surface area contributed by atoms with Crippen LogP contribution >= 0.6 is 0 Å². The Hall–Kier alpha value is -1.67. The second kappa shape index (κ2) is 13.9. The Labute approximate surface area is 199 Å². The van der Waals surface area contributed by atoms with Gasteiger partial charge in [-0.2, -0.15) is 0 Å². The normalized spacial score (nSPS) is 27.0. The van der Waals surface area contributed by atoms with Gasteiger partial charge in [0.25, 0.3) is 0 Å². The first-order valence-corrected chi connectivity index (χ1v) is 13.0. The van der Waals surface area contributed by atoms with Gasteiger partial charge in [0.1, 0.15) is 12.1 Å². The first-order valence-electron chi connectivity index (χ1n) is 13.0. The minimum Gasteiger partial charge on any atom is -0.480 e. The van der Waals surface area contributed by atoms with Gasteiger partial charge in [-0.15, -0.1) is 0 Å². The van der Waals surface area contributed by atoms with E-state index in [4.69, 9.17) is 10.5 Å². The number of rotatable bonds is 8. The summed E-state index contributed by atoms with van der Waals surface area (Å²) in [6.07, 6.45) is 12.5. The van der Waals surface area contributed by atoms with Gasteiger partial charge in [0.05, 0.1) is 12.6 Å². The number of hydrogen-bond acceptors (Lipinski definition) is 6. The Bertz CT molecular complexity index is 638. The number of carboxylic acids is 1. The van der Waals surface area contributed by atoms with Gasteiger partial charge in [0.15, 0.2) is 0 Å². The van der Waals surface area contributed by atoms with Crippen LogP contribution in [0.5, 0.6) is 0 Å². The molecule has 33 heavy (non-hydrogen) atoms. The van der Waals surface area contributed by atoms with Crippen molar-refractivity contribution in [3.63, 3.8) is 0 Å². The number of carbonyl (C=O) groups is 3. The van der Waals surface area contributed by atoms with Gasteiger partial charge >= 0.3 is 11.9 Å². The van der Waals surface area contributed by atoms with Crippen LogP contribution in [0, 0.1) is 5.92 Å². The third-order valence-electron chi connectivity index (χ3n) is 7.25. The number of aliphatic carboxylic acids is 1. The first kappa shape index (κ1) is 27.6. The molecule has 1 amide bonds. The molecule has 0 aromatic carbocycles. The zero-order valence-electron chi connectivity index (χ0n) is 20.8. The van der Waals surface area contributed by atoms with Crippen LogP contribution in [0.25, 0.3) is 0 Å². The largest absolute Gasteiger partial charge is 0.480 e. The van der Waals surface area contributed by atoms with Crippen LogP contribution in [0.3, 0.4) is 0 Å². The maximum atomic E-state index is 13.1. The lowest BCUT2D eigenvalue weighted by Crippen LogP contribution is -2.55. The molecular weight excluding hydrogens is 422 g/mol. The molecule has 2 aliphatic carbocycles. The summed E-state index contributed by atoms with van der Waals surface area (Å²) < 4.78 is 5.09. The number of hydrogen-bond donors (Lipinski definition) is 3. The minimum atomic E-state index is -0.935. The number of carboxylic acid groups (broad SMARTS) is 1. The highest BCUT2D eigenvalue weighted by Crippen LogP contribution is 2.40. The van der Waals surface area contributed by atoms with E-state index in [1.165, 1.54) is 32.1 Å². The van der Waals surface area contributed by atoms with Crippen LogP contribution in [-0.2, 0) is 19.1 Å². The predicted molar refractivity (Wildman–Crippen MR) is 128 cm³/mol. The fourth-order valence-electron chi connectivity index (χ4n) is 5.53. The van der Waals surface area contributed by atoms with Crippen molar-refractivity contribution in [2.75, 3.05) is 6.61 Å². The summed E-state index contributed by atoms with van der Waals surface area (Å²) in [5.74, 6) is -1.24. The second-order valence-corrected chi connectivity index (χ2v) is 9.83. The summed E-state index contributed by atoms with van der Waals surface area (Å²) in [7, 11) is 0. The molecule has 3 aliphatic rings. The predicted octanol–water partition coefficient (Wildman–Crippen LogP) is 3.22. The van der Waals surface area contributed by atoms with Crippen molar-refractivity contribution in [2.24, 2.45) is 11.7 Å². The molecule has 1 heterocycles. The smallest absolute Gasteiger partial charge is 0.326 e. The molecule has 0 aromatic rings. The zero-order valence-corrected chi connectivity index (χ0v) is 20.8.